The summed E-state index contributed by atoms with van der Waals surface area (Å²) in [6, 6.07) is 4.81. The summed E-state index contributed by atoms with van der Waals surface area (Å²) in [7, 11) is -3.85. The Balaban J connectivity index is 2.19. The summed E-state index contributed by atoms with van der Waals surface area (Å²) >= 11 is 0. The molecule has 132 valence electrons. The van der Waals surface area contributed by atoms with Crippen LogP contribution in [0.1, 0.15) is 32.8 Å². The van der Waals surface area contributed by atoms with E-state index in [4.69, 9.17) is 15.2 Å². The van der Waals surface area contributed by atoms with Crippen LogP contribution < -0.4 is 15.2 Å². The summed E-state index contributed by atoms with van der Waals surface area (Å²) in [6.07, 6.45) is 0.738. The zero-order chi connectivity index (χ0) is 18.0. The molecule has 0 spiro atoms. The molecule has 3 N–H and O–H groups in total. The van der Waals surface area contributed by atoms with E-state index in [1.54, 1.807) is 32.0 Å². The van der Waals surface area contributed by atoms with Crippen molar-refractivity contribution in [2.75, 3.05) is 17.9 Å². The van der Waals surface area contributed by atoms with Gasteiger partial charge in [0, 0.05) is 0 Å². The maximum Gasteiger partial charge on any atom is 0.344 e. The van der Waals surface area contributed by atoms with E-state index in [2.05, 4.69) is 9.12 Å². The molecule has 0 fully saturated rings. The molecular weight excluding hydrogens is 334 g/mol. The van der Waals surface area contributed by atoms with Crippen molar-refractivity contribution in [3.05, 3.63) is 23.8 Å². The normalized spacial score (nSPS) is 15.7. The standard InChI is InChI=1S/C15H21N3O5S/c1-4-8-22-14(19)15(2,3)9-23-11-7-5-6-10-12(11)13(16)18-24(20,21)17-10/h5-7,17H,4,8-9H2,1-3H3,(H2,16,18). The van der Waals surface area contributed by atoms with E-state index in [-0.39, 0.29) is 24.1 Å². The highest BCUT2D eigenvalue weighted by molar-refractivity contribution is 7.91. The predicted molar refractivity (Wildman–Crippen MR) is 90.2 cm³/mol. The zero-order valence-corrected chi connectivity index (χ0v) is 14.6. The first kappa shape index (κ1) is 18.1. The number of fused-ring (bicyclic) bond motifs is 1. The second-order valence-electron chi connectivity index (χ2n) is 6.04. The lowest BCUT2D eigenvalue weighted by Gasteiger charge is -2.24. The van der Waals surface area contributed by atoms with E-state index in [0.29, 0.717) is 17.9 Å². The van der Waals surface area contributed by atoms with Crippen LogP contribution in [0.5, 0.6) is 5.75 Å². The Morgan fingerprint density at radius 3 is 2.75 bits per heavy atom. The molecule has 0 bridgehead atoms. The summed E-state index contributed by atoms with van der Waals surface area (Å²) < 4.78 is 39.7. The highest BCUT2D eigenvalue weighted by atomic mass is 32.2. The van der Waals surface area contributed by atoms with Crippen molar-refractivity contribution in [1.82, 2.24) is 0 Å². The Morgan fingerprint density at radius 2 is 2.08 bits per heavy atom. The predicted octanol–water partition coefficient (Wildman–Crippen LogP) is 1.42. The van der Waals surface area contributed by atoms with Crippen molar-refractivity contribution in [3.63, 3.8) is 0 Å². The van der Waals surface area contributed by atoms with Gasteiger partial charge in [-0.3, -0.25) is 9.52 Å². The lowest BCUT2D eigenvalue weighted by Crippen LogP contribution is -2.34. The number of nitrogens with zero attached hydrogens (tertiary/aromatic N) is 1. The molecule has 0 aliphatic carbocycles. The first-order chi connectivity index (χ1) is 11.2. The molecule has 0 amide bonds. The van der Waals surface area contributed by atoms with Gasteiger partial charge < -0.3 is 15.2 Å². The van der Waals surface area contributed by atoms with Gasteiger partial charge in [0.05, 0.1) is 23.3 Å². The van der Waals surface area contributed by atoms with Crippen molar-refractivity contribution < 1.29 is 22.7 Å². The summed E-state index contributed by atoms with van der Waals surface area (Å²) in [5.74, 6) is -0.185. The second kappa shape index (κ2) is 6.68. The molecule has 24 heavy (non-hydrogen) atoms. The summed E-state index contributed by atoms with van der Waals surface area (Å²) in [5, 5.41) is 0. The Labute approximate surface area is 141 Å². The third-order valence-electron chi connectivity index (χ3n) is 3.32. The summed E-state index contributed by atoms with van der Waals surface area (Å²) in [5.41, 5.74) is 5.52. The van der Waals surface area contributed by atoms with Crippen LogP contribution in [0.4, 0.5) is 5.69 Å². The van der Waals surface area contributed by atoms with Gasteiger partial charge in [-0.25, -0.2) is 0 Å². The molecule has 1 heterocycles. The van der Waals surface area contributed by atoms with Crippen LogP contribution in [-0.4, -0.2) is 33.4 Å². The molecule has 1 aromatic rings. The molecule has 8 nitrogen and oxygen atoms in total. The molecule has 0 atom stereocenters. The van der Waals surface area contributed by atoms with Crippen LogP contribution in [0.2, 0.25) is 0 Å². The van der Waals surface area contributed by atoms with Gasteiger partial charge in [-0.1, -0.05) is 13.0 Å². The number of nitrogens with one attached hydrogen (secondary N) is 1. The van der Waals surface area contributed by atoms with Crippen LogP contribution in [0, 0.1) is 5.41 Å². The van der Waals surface area contributed by atoms with Crippen molar-refractivity contribution in [3.8, 4) is 5.75 Å². The minimum Gasteiger partial charge on any atom is -0.492 e. The number of rotatable bonds is 6. The van der Waals surface area contributed by atoms with Crippen molar-refractivity contribution in [2.45, 2.75) is 27.2 Å². The molecule has 2 rings (SSSR count). The Bertz CT molecular complexity index is 771. The first-order valence-electron chi connectivity index (χ1n) is 7.48. The fraction of sp³-hybridized carbons (Fsp3) is 0.467. The van der Waals surface area contributed by atoms with Gasteiger partial charge in [0.2, 0.25) is 0 Å². The van der Waals surface area contributed by atoms with E-state index in [0.717, 1.165) is 6.42 Å². The number of esters is 1. The number of hydrogen-bond acceptors (Lipinski definition) is 6. The number of anilines is 1. The fourth-order valence-corrected chi connectivity index (χ4v) is 2.89. The monoisotopic (exact) mass is 355 g/mol. The maximum atomic E-state index is 12.0. The number of amidine groups is 1. The van der Waals surface area contributed by atoms with Crippen molar-refractivity contribution >= 4 is 27.7 Å². The highest BCUT2D eigenvalue weighted by Gasteiger charge is 2.32. The minimum atomic E-state index is -3.85. The van der Waals surface area contributed by atoms with Gasteiger partial charge in [-0.2, -0.15) is 8.42 Å². The van der Waals surface area contributed by atoms with Crippen molar-refractivity contribution in [1.29, 1.82) is 0 Å². The Morgan fingerprint density at radius 1 is 1.38 bits per heavy atom. The average molecular weight is 355 g/mol. The molecule has 0 aromatic heterocycles. The third-order valence-corrected chi connectivity index (χ3v) is 4.23. The van der Waals surface area contributed by atoms with Crippen LogP contribution in [0.25, 0.3) is 0 Å². The lowest BCUT2D eigenvalue weighted by molar-refractivity contribution is -0.155. The molecule has 0 saturated carbocycles. The third kappa shape index (κ3) is 3.97. The van der Waals surface area contributed by atoms with E-state index < -0.39 is 15.6 Å². The van der Waals surface area contributed by atoms with Gasteiger partial charge in [0.15, 0.2) is 5.84 Å². The average Bonchev–Trinajstić information content (AvgIpc) is 2.48. The highest BCUT2D eigenvalue weighted by Crippen LogP contribution is 2.31. The van der Waals surface area contributed by atoms with Gasteiger partial charge >= 0.3 is 16.2 Å². The number of nitrogens with two attached hydrogens (primary N) is 1. The van der Waals surface area contributed by atoms with Crippen LogP contribution in [0.3, 0.4) is 0 Å². The molecule has 1 aliphatic heterocycles. The number of ether oxygens (including phenoxy) is 2. The molecule has 1 aliphatic rings. The molecule has 0 radical (unpaired) electrons. The van der Waals surface area contributed by atoms with Crippen molar-refractivity contribution in [2.24, 2.45) is 15.5 Å². The SMILES string of the molecule is CCCOC(=O)C(C)(C)COc1cccc2c1C(N)=NS(=O)(=O)N2. The van der Waals surface area contributed by atoms with E-state index in [9.17, 15) is 13.2 Å². The van der Waals surface area contributed by atoms with Crippen LogP contribution >= 0.6 is 0 Å². The van der Waals surface area contributed by atoms with Crippen LogP contribution in [0.15, 0.2) is 22.6 Å². The van der Waals surface area contributed by atoms with Gasteiger partial charge in [0.1, 0.15) is 12.4 Å². The number of benzene rings is 1. The van der Waals surface area contributed by atoms with Gasteiger partial charge in [-0.05, 0) is 32.4 Å². The fourth-order valence-electron chi connectivity index (χ4n) is 2.04. The summed E-state index contributed by atoms with van der Waals surface area (Å²) in [6.45, 7) is 5.73. The smallest absolute Gasteiger partial charge is 0.344 e. The Hall–Kier alpha value is -2.29. The lowest BCUT2D eigenvalue weighted by atomic mass is 9.95. The van der Waals surface area contributed by atoms with Gasteiger partial charge in [-0.15, -0.1) is 4.40 Å². The first-order valence-corrected chi connectivity index (χ1v) is 8.92. The number of hydrogen-bond donors (Lipinski definition) is 2. The number of carbonyl (C=O) groups excluding carboxylic acids is 1. The zero-order valence-electron chi connectivity index (χ0n) is 13.8. The van der Waals surface area contributed by atoms with Gasteiger partial charge in [0.25, 0.3) is 0 Å². The topological polar surface area (TPSA) is 120 Å². The van der Waals surface area contributed by atoms with Crippen LogP contribution in [-0.2, 0) is 19.7 Å². The molecule has 1 aromatic carbocycles. The quantitative estimate of drug-likeness (QED) is 0.745. The number of carbonyl (C=O) groups is 1. The molecule has 9 heteroatoms. The maximum absolute atomic E-state index is 12.0. The minimum absolute atomic E-state index is 0.0476. The molecular formula is C15H21N3O5S. The molecule has 0 saturated heterocycles. The van der Waals surface area contributed by atoms with E-state index in [1.165, 1.54) is 0 Å². The second-order valence-corrected chi connectivity index (χ2v) is 7.38. The summed E-state index contributed by atoms with van der Waals surface area (Å²) in [4.78, 5) is 12.0. The molecule has 0 unspecified atom stereocenters. The largest absolute Gasteiger partial charge is 0.492 e. The van der Waals surface area contributed by atoms with E-state index in [1.807, 2.05) is 6.92 Å². The Kier molecular flexibility index (Phi) is 5.02. The van der Waals surface area contributed by atoms with E-state index >= 15 is 0 Å².